The maximum Gasteiger partial charge on any atom is 0.242 e. The van der Waals surface area contributed by atoms with E-state index in [2.05, 4.69) is 22.6 Å². The first-order chi connectivity index (χ1) is 7.70. The molecule has 0 aliphatic rings. The summed E-state index contributed by atoms with van der Waals surface area (Å²) in [5.74, 6) is -0.388. The number of carbonyl (C=O) groups is 1. The minimum absolute atomic E-state index is 0. The number of fused-ring (bicyclic) bond motifs is 3. The van der Waals surface area contributed by atoms with E-state index in [4.69, 9.17) is 4.42 Å². The van der Waals surface area contributed by atoms with Crippen LogP contribution in [-0.4, -0.2) is 11.0 Å². The molecule has 0 aromatic carbocycles. The number of furan rings is 1. The molecule has 0 saturated carbocycles. The van der Waals surface area contributed by atoms with Gasteiger partial charge in [-0.1, -0.05) is 5.52 Å². The van der Waals surface area contributed by atoms with Crippen molar-refractivity contribution in [3.05, 3.63) is 23.7 Å². The predicted octanol–water partition coefficient (Wildman–Crippen LogP) is 1.82. The Labute approximate surface area is 187 Å². The molecule has 3 aromatic heterocycles. The van der Waals surface area contributed by atoms with Crippen molar-refractivity contribution in [2.75, 3.05) is 0 Å². The van der Waals surface area contributed by atoms with E-state index in [0.717, 1.165) is 15.2 Å². The second-order valence-corrected chi connectivity index (χ2v) is 4.64. The molecule has 0 unspecified atom stereocenters. The summed E-state index contributed by atoms with van der Waals surface area (Å²) in [5, 5.41) is 10.0. The van der Waals surface area contributed by atoms with Gasteiger partial charge < -0.3 is 19.9 Å². The number of amides is 1. The number of hydrogen-bond acceptors (Lipinski definition) is 4. The molecule has 20 heavy (non-hydrogen) atoms. The Morgan fingerprint density at radius 3 is 2.70 bits per heavy atom. The molecule has 1 amide bonds. The molecule has 0 aliphatic carbocycles. The van der Waals surface area contributed by atoms with E-state index in [-0.39, 0.29) is 108 Å². The molecule has 0 fully saturated rings. The largest absolute Gasteiger partial charge is 0.570 e. The fourth-order valence-corrected chi connectivity index (χ4v) is 2.54. The second-order valence-electron chi connectivity index (χ2n) is 3.38. The van der Waals surface area contributed by atoms with E-state index in [0.29, 0.717) is 11.1 Å². The standard InChI is InChI=1S/C10H8N3O2S.3W.Y/c1-4-3-5-9(16-4)6-8(15-5)7(13-12-6)10(14)11-2;;;;/h3H,2H2,1H3,(H2,11,12,13,14);;;;/q-1;;;;/p-1. The SMILES string of the molecule is [CH2-]NC(=O)c1n[n-]c2c1oc1cc(C)sc12.[W].[W].[W].[Y]. The average Bonchev–Trinajstić information content (AvgIpc) is 2.87. The molecular weight excluding hydrogens is 867 g/mol. The zero-order valence-electron chi connectivity index (χ0n) is 10.2. The van der Waals surface area contributed by atoms with Crippen molar-refractivity contribution in [3.63, 3.8) is 0 Å². The number of aryl methyl sites for hydroxylation is 1. The first-order valence-corrected chi connectivity index (χ1v) is 5.42. The molecule has 0 atom stereocenters. The van der Waals surface area contributed by atoms with E-state index in [1.54, 1.807) is 11.3 Å². The predicted molar refractivity (Wildman–Crippen MR) is 60.3 cm³/mol. The van der Waals surface area contributed by atoms with Gasteiger partial charge in [0.25, 0.3) is 0 Å². The summed E-state index contributed by atoms with van der Waals surface area (Å²) in [6.07, 6.45) is 0. The number of aromatic nitrogens is 2. The third kappa shape index (κ3) is 4.00. The van der Waals surface area contributed by atoms with E-state index in [9.17, 15) is 4.79 Å². The van der Waals surface area contributed by atoms with Crippen LogP contribution in [0.4, 0.5) is 0 Å². The number of thiophene rings is 1. The van der Waals surface area contributed by atoms with Gasteiger partial charge in [-0.15, -0.1) is 11.3 Å². The van der Waals surface area contributed by atoms with Crippen LogP contribution < -0.4 is 10.4 Å². The van der Waals surface area contributed by atoms with Crippen molar-refractivity contribution in [2.24, 2.45) is 0 Å². The summed E-state index contributed by atoms with van der Waals surface area (Å²) in [6.45, 7) is 1.99. The van der Waals surface area contributed by atoms with Crippen LogP contribution in [0, 0.1) is 14.0 Å². The maximum absolute atomic E-state index is 11.4. The Kier molecular flexibility index (Phi) is 11.2. The van der Waals surface area contributed by atoms with Gasteiger partial charge in [0.15, 0.2) is 0 Å². The molecule has 0 aliphatic heterocycles. The number of nitrogens with zero attached hydrogens (tertiary/aromatic N) is 2. The summed E-state index contributed by atoms with van der Waals surface area (Å²) in [4.78, 5) is 12.6. The van der Waals surface area contributed by atoms with Gasteiger partial charge in [-0.3, -0.25) is 11.8 Å². The molecular formula is C10H7N3O2SW3Y-2. The zero-order chi connectivity index (χ0) is 11.3. The number of rotatable bonds is 1. The summed E-state index contributed by atoms with van der Waals surface area (Å²) >= 11 is 1.58. The van der Waals surface area contributed by atoms with Crippen molar-refractivity contribution in [1.82, 2.24) is 15.5 Å². The summed E-state index contributed by atoms with van der Waals surface area (Å²) < 4.78 is 6.50. The third-order valence-corrected chi connectivity index (χ3v) is 3.34. The quantitative estimate of drug-likeness (QED) is 0.380. The van der Waals surface area contributed by atoms with Gasteiger partial charge in [0.05, 0.1) is 4.70 Å². The molecule has 103 valence electrons. The van der Waals surface area contributed by atoms with Gasteiger partial charge in [-0.2, -0.15) is 0 Å². The monoisotopic (exact) mass is 874 g/mol. The summed E-state index contributed by atoms with van der Waals surface area (Å²) in [6, 6.07) is 1.92. The molecule has 10 heteroatoms. The number of carbonyl (C=O) groups excluding carboxylic acids is 1. The third-order valence-electron chi connectivity index (χ3n) is 2.30. The number of hydrogen-bond donors (Lipinski definition) is 1. The van der Waals surface area contributed by atoms with Gasteiger partial charge in [0, 0.05) is 101 Å². The van der Waals surface area contributed by atoms with Crippen LogP contribution in [0.25, 0.3) is 21.4 Å². The molecule has 0 bridgehead atoms. The van der Waals surface area contributed by atoms with Crippen LogP contribution in [0.1, 0.15) is 15.4 Å². The van der Waals surface area contributed by atoms with E-state index >= 15 is 0 Å². The Bertz CT molecular complexity index is 709. The van der Waals surface area contributed by atoms with Crippen molar-refractivity contribution < 1.29 is 105 Å². The van der Waals surface area contributed by atoms with Crippen LogP contribution >= 0.6 is 11.3 Å². The first kappa shape index (κ1) is 23.6. The second kappa shape index (κ2) is 9.48. The van der Waals surface area contributed by atoms with Crippen molar-refractivity contribution in [1.29, 1.82) is 0 Å². The van der Waals surface area contributed by atoms with Gasteiger partial charge in [-0.05, 0) is 13.0 Å². The molecule has 5 nitrogen and oxygen atoms in total. The molecule has 1 N–H and O–H groups in total. The van der Waals surface area contributed by atoms with Crippen LogP contribution in [-0.2, 0) is 95.9 Å². The van der Waals surface area contributed by atoms with Crippen LogP contribution in [0.5, 0.6) is 0 Å². The zero-order valence-corrected chi connectivity index (χ0v) is 22.7. The molecule has 1 radical (unpaired) electrons. The van der Waals surface area contributed by atoms with E-state index in [1.165, 1.54) is 0 Å². The minimum Gasteiger partial charge on any atom is -0.570 e. The van der Waals surface area contributed by atoms with E-state index < -0.39 is 0 Å². The molecule has 3 rings (SSSR count). The molecule has 3 heterocycles. The smallest absolute Gasteiger partial charge is 0.242 e. The minimum atomic E-state index is -0.388. The van der Waals surface area contributed by atoms with Crippen LogP contribution in [0.2, 0.25) is 0 Å². The Morgan fingerprint density at radius 1 is 1.45 bits per heavy atom. The average molecular weight is 874 g/mol. The van der Waals surface area contributed by atoms with Crippen LogP contribution in [0.3, 0.4) is 0 Å². The van der Waals surface area contributed by atoms with Crippen molar-refractivity contribution in [2.45, 2.75) is 6.92 Å². The van der Waals surface area contributed by atoms with Gasteiger partial charge in [0.2, 0.25) is 5.91 Å². The maximum atomic E-state index is 11.4. The molecule has 3 aromatic rings. The topological polar surface area (TPSA) is 69.2 Å². The van der Waals surface area contributed by atoms with Gasteiger partial charge in [0.1, 0.15) is 16.9 Å². The fraction of sp³-hybridized carbons (Fsp3) is 0.100. The first-order valence-electron chi connectivity index (χ1n) is 4.60. The molecule has 0 spiro atoms. The van der Waals surface area contributed by atoms with Crippen LogP contribution in [0.15, 0.2) is 10.5 Å². The van der Waals surface area contributed by atoms with Crippen molar-refractivity contribution >= 4 is 38.6 Å². The number of nitrogens with one attached hydrogen (secondary N) is 1. The summed E-state index contributed by atoms with van der Waals surface area (Å²) in [5.41, 5.74) is 2.01. The fourth-order valence-electron chi connectivity index (χ4n) is 1.62. The van der Waals surface area contributed by atoms with Crippen molar-refractivity contribution in [3.8, 4) is 0 Å². The Morgan fingerprint density at radius 2 is 2.10 bits per heavy atom. The van der Waals surface area contributed by atoms with Gasteiger partial charge >= 0.3 is 0 Å². The van der Waals surface area contributed by atoms with Gasteiger partial charge in [-0.25, -0.2) is 0 Å². The Hall–Kier alpha value is 1.35. The van der Waals surface area contributed by atoms with E-state index in [1.807, 2.05) is 13.0 Å². The Balaban J connectivity index is 0. The normalized spacial score (nSPS) is 9.10. The molecule has 0 saturated heterocycles. The summed E-state index contributed by atoms with van der Waals surface area (Å²) in [7, 11) is 3.30.